The Morgan fingerprint density at radius 3 is 2.74 bits per heavy atom. The molecule has 10 heteroatoms. The lowest BCUT2D eigenvalue weighted by atomic mass is 9.96. The van der Waals surface area contributed by atoms with Gasteiger partial charge in [0.15, 0.2) is 6.04 Å². The fraction of sp³-hybridized carbons (Fsp3) is 0.524. The Morgan fingerprint density at radius 2 is 2.00 bits per heavy atom. The third-order valence-corrected chi connectivity index (χ3v) is 7.33. The lowest BCUT2D eigenvalue weighted by molar-refractivity contribution is -0.916. The molecule has 0 radical (unpaired) electrons. The van der Waals surface area contributed by atoms with Gasteiger partial charge in [0.1, 0.15) is 17.4 Å². The van der Waals surface area contributed by atoms with Crippen LogP contribution in [0, 0.1) is 0 Å². The quantitative estimate of drug-likeness (QED) is 0.669. The zero-order valence-electron chi connectivity index (χ0n) is 16.8. The van der Waals surface area contributed by atoms with Gasteiger partial charge >= 0.3 is 6.18 Å². The minimum Gasteiger partial charge on any atom is -0.363 e. The van der Waals surface area contributed by atoms with Gasteiger partial charge in [-0.2, -0.15) is 18.3 Å². The molecule has 4 heterocycles. The molecule has 4 atom stereocenters. The molecule has 5 rings (SSSR count). The first-order chi connectivity index (χ1) is 14.8. The second-order valence-corrected chi connectivity index (χ2v) is 9.56. The molecule has 0 saturated carbocycles. The largest absolute Gasteiger partial charge is 0.410 e. The Balaban J connectivity index is 1.46. The number of piperazine rings is 1. The van der Waals surface area contributed by atoms with Crippen LogP contribution in [0.1, 0.15) is 47.3 Å². The van der Waals surface area contributed by atoms with Crippen LogP contribution < -0.4 is 10.2 Å². The predicted octanol–water partition coefficient (Wildman–Crippen LogP) is 2.81. The summed E-state index contributed by atoms with van der Waals surface area (Å²) in [6, 6.07) is 5.29. The Hall–Kier alpha value is -2.07. The van der Waals surface area contributed by atoms with Gasteiger partial charge in [-0.15, -0.1) is 0 Å². The lowest BCUT2D eigenvalue weighted by Gasteiger charge is -2.36. The van der Waals surface area contributed by atoms with Gasteiger partial charge in [-0.05, 0) is 17.7 Å². The monoisotopic (exact) mass is 498 g/mol. The molecule has 3 aliphatic heterocycles. The second kappa shape index (κ2) is 7.81. The zero-order chi connectivity index (χ0) is 21.8. The SMILES string of the molecule is O=C(c1cnn2c1N[C@H](c1ccc(Br)cc1)C[C@H]2C(F)(F)F)N1CC[NH+]2CCC[C@@H]2C1. The van der Waals surface area contributed by atoms with E-state index in [2.05, 4.69) is 26.3 Å². The van der Waals surface area contributed by atoms with E-state index in [-0.39, 0.29) is 23.7 Å². The summed E-state index contributed by atoms with van der Waals surface area (Å²) in [7, 11) is 0. The van der Waals surface area contributed by atoms with Crippen LogP contribution in [0.5, 0.6) is 0 Å². The number of hydrogen-bond donors (Lipinski definition) is 2. The van der Waals surface area contributed by atoms with Gasteiger partial charge in [0.05, 0.1) is 38.4 Å². The highest BCUT2D eigenvalue weighted by atomic mass is 79.9. The van der Waals surface area contributed by atoms with Gasteiger partial charge in [0.25, 0.3) is 5.91 Å². The van der Waals surface area contributed by atoms with Gasteiger partial charge in [-0.1, -0.05) is 28.1 Å². The first-order valence-electron chi connectivity index (χ1n) is 10.6. The number of nitrogens with one attached hydrogen (secondary N) is 2. The van der Waals surface area contributed by atoms with Crippen LogP contribution in [-0.2, 0) is 0 Å². The maximum Gasteiger partial charge on any atom is 0.410 e. The number of carbonyl (C=O) groups excluding carboxylic acids is 1. The Bertz CT molecular complexity index is 976. The van der Waals surface area contributed by atoms with Crippen molar-refractivity contribution >= 4 is 27.7 Å². The Kier molecular flexibility index (Phi) is 5.24. The molecule has 0 aliphatic carbocycles. The van der Waals surface area contributed by atoms with Crippen LogP contribution in [0.2, 0.25) is 0 Å². The summed E-state index contributed by atoms with van der Waals surface area (Å²) < 4.78 is 43.5. The number of fused-ring (bicyclic) bond motifs is 2. The molecule has 1 aromatic heterocycles. The molecule has 2 fully saturated rings. The summed E-state index contributed by atoms with van der Waals surface area (Å²) in [4.78, 5) is 16.6. The molecule has 2 N–H and O–H groups in total. The molecule has 2 saturated heterocycles. The van der Waals surface area contributed by atoms with E-state index in [0.717, 1.165) is 40.6 Å². The second-order valence-electron chi connectivity index (χ2n) is 8.64. The van der Waals surface area contributed by atoms with E-state index in [1.165, 1.54) is 11.1 Å². The minimum absolute atomic E-state index is 0.160. The van der Waals surface area contributed by atoms with E-state index < -0.39 is 18.3 Å². The highest BCUT2D eigenvalue weighted by Gasteiger charge is 2.48. The fourth-order valence-electron chi connectivity index (χ4n) is 5.16. The number of alkyl halides is 3. The summed E-state index contributed by atoms with van der Waals surface area (Å²) in [5.41, 5.74) is 0.962. The molecule has 0 bridgehead atoms. The third kappa shape index (κ3) is 3.84. The van der Waals surface area contributed by atoms with Gasteiger partial charge < -0.3 is 15.1 Å². The molecule has 1 aromatic carbocycles. The van der Waals surface area contributed by atoms with Gasteiger partial charge in [-0.3, -0.25) is 4.79 Å². The molecule has 0 spiro atoms. The highest BCUT2D eigenvalue weighted by molar-refractivity contribution is 9.10. The number of halogens is 4. The number of nitrogens with zero attached hydrogens (tertiary/aromatic N) is 3. The van der Waals surface area contributed by atoms with Crippen LogP contribution >= 0.6 is 15.9 Å². The Morgan fingerprint density at radius 1 is 1.23 bits per heavy atom. The van der Waals surface area contributed by atoms with Crippen molar-refractivity contribution in [3.63, 3.8) is 0 Å². The number of rotatable bonds is 2. The van der Waals surface area contributed by atoms with Crippen LogP contribution in [0.15, 0.2) is 34.9 Å². The molecule has 166 valence electrons. The summed E-state index contributed by atoms with van der Waals surface area (Å²) >= 11 is 3.36. The third-order valence-electron chi connectivity index (χ3n) is 6.80. The molecular formula is C21H24BrF3N5O+. The number of aromatic nitrogens is 2. The smallest absolute Gasteiger partial charge is 0.363 e. The first kappa shape index (κ1) is 20.8. The molecule has 3 aliphatic rings. The molecule has 1 amide bonds. The number of carbonyl (C=O) groups is 1. The van der Waals surface area contributed by atoms with Crippen molar-refractivity contribution in [1.82, 2.24) is 14.7 Å². The summed E-state index contributed by atoms with van der Waals surface area (Å²) in [6.45, 7) is 3.30. The normalized spacial score (nSPS) is 28.1. The predicted molar refractivity (Wildman–Crippen MR) is 112 cm³/mol. The van der Waals surface area contributed by atoms with Crippen molar-refractivity contribution in [2.45, 2.75) is 43.6 Å². The van der Waals surface area contributed by atoms with Crippen LogP contribution in [-0.4, -0.2) is 59.0 Å². The van der Waals surface area contributed by atoms with Gasteiger partial charge in [0, 0.05) is 23.7 Å². The average molecular weight is 499 g/mol. The molecular weight excluding hydrogens is 475 g/mol. The van der Waals surface area contributed by atoms with E-state index in [1.807, 2.05) is 0 Å². The van der Waals surface area contributed by atoms with Crippen LogP contribution in [0.4, 0.5) is 19.0 Å². The number of anilines is 1. The van der Waals surface area contributed by atoms with Gasteiger partial charge in [0.2, 0.25) is 0 Å². The first-order valence-corrected chi connectivity index (χ1v) is 11.4. The topological polar surface area (TPSA) is 54.6 Å². The fourth-order valence-corrected chi connectivity index (χ4v) is 5.42. The summed E-state index contributed by atoms with van der Waals surface area (Å²) in [6.07, 6.45) is -1.10. The highest BCUT2D eigenvalue weighted by Crippen LogP contribution is 2.44. The van der Waals surface area contributed by atoms with Crippen molar-refractivity contribution in [2.75, 3.05) is 31.5 Å². The Labute approximate surface area is 186 Å². The van der Waals surface area contributed by atoms with Crippen LogP contribution in [0.3, 0.4) is 0 Å². The maximum absolute atomic E-state index is 13.9. The van der Waals surface area contributed by atoms with Crippen molar-refractivity contribution < 1.29 is 22.9 Å². The zero-order valence-corrected chi connectivity index (χ0v) is 18.4. The molecule has 6 nitrogen and oxygen atoms in total. The lowest BCUT2D eigenvalue weighted by Crippen LogP contribution is -3.16. The molecule has 31 heavy (non-hydrogen) atoms. The number of amides is 1. The standard InChI is InChI=1S/C21H23BrF3N5O/c22-14-5-3-13(4-6-14)17-10-18(21(23,24)25)30-19(27-17)16(11-26-30)20(31)29-9-8-28-7-1-2-15(28)12-29/h3-6,11,15,17-18,27H,1-2,7-10,12H2/p+1/t15-,17+,18+/m1/s1. The van der Waals surface area contributed by atoms with E-state index in [1.54, 1.807) is 29.2 Å². The summed E-state index contributed by atoms with van der Waals surface area (Å²) in [5, 5.41) is 7.19. The molecule has 1 unspecified atom stereocenters. The number of quaternary nitrogens is 1. The number of hydrogen-bond acceptors (Lipinski definition) is 3. The minimum atomic E-state index is -4.46. The molecule has 2 aromatic rings. The van der Waals surface area contributed by atoms with E-state index in [0.29, 0.717) is 19.1 Å². The van der Waals surface area contributed by atoms with Crippen molar-refractivity contribution in [2.24, 2.45) is 0 Å². The number of benzene rings is 1. The van der Waals surface area contributed by atoms with Gasteiger partial charge in [-0.25, -0.2) is 4.68 Å². The average Bonchev–Trinajstić information content (AvgIpc) is 3.38. The van der Waals surface area contributed by atoms with E-state index in [9.17, 15) is 18.0 Å². The van der Waals surface area contributed by atoms with Crippen molar-refractivity contribution in [3.05, 3.63) is 46.1 Å². The van der Waals surface area contributed by atoms with Crippen molar-refractivity contribution in [1.29, 1.82) is 0 Å². The summed E-state index contributed by atoms with van der Waals surface area (Å²) in [5.74, 6) is -0.0789. The van der Waals surface area contributed by atoms with E-state index >= 15 is 0 Å². The van der Waals surface area contributed by atoms with Crippen molar-refractivity contribution in [3.8, 4) is 0 Å². The van der Waals surface area contributed by atoms with Crippen LogP contribution in [0.25, 0.3) is 0 Å². The van der Waals surface area contributed by atoms with E-state index in [4.69, 9.17) is 0 Å². The maximum atomic E-state index is 13.9.